The zero-order chi connectivity index (χ0) is 18.5. The third-order valence-electron chi connectivity index (χ3n) is 3.98. The fourth-order valence-electron chi connectivity index (χ4n) is 2.54. The molecule has 0 aliphatic heterocycles. The van der Waals surface area contributed by atoms with E-state index in [1.54, 1.807) is 24.3 Å². The largest absolute Gasteiger partial charge is 0.497 e. The van der Waals surface area contributed by atoms with Crippen molar-refractivity contribution in [1.29, 1.82) is 0 Å². The zero-order valence-corrected chi connectivity index (χ0v) is 14.6. The number of nitrogens with one attached hydrogen (secondary N) is 1. The molecule has 132 valence electrons. The number of methoxy groups -OCH3 is 1. The third kappa shape index (κ3) is 4.00. The molecule has 0 saturated heterocycles. The fraction of sp³-hybridized carbons (Fsp3) is 0.143. The number of fused-ring (bicyclic) bond motifs is 1. The second-order valence-corrected chi connectivity index (χ2v) is 5.83. The Hall–Kier alpha value is -3.34. The predicted octanol–water partition coefficient (Wildman–Crippen LogP) is 4.03. The van der Waals surface area contributed by atoms with Crippen LogP contribution in [-0.2, 0) is 9.53 Å². The van der Waals surface area contributed by atoms with Gasteiger partial charge in [0.15, 0.2) is 6.10 Å². The molecular formula is C21H19NO4. The van der Waals surface area contributed by atoms with E-state index in [4.69, 9.17) is 9.47 Å². The molecule has 3 aromatic rings. The first-order valence-electron chi connectivity index (χ1n) is 8.21. The van der Waals surface area contributed by atoms with Gasteiger partial charge in [-0.05, 0) is 48.0 Å². The van der Waals surface area contributed by atoms with Gasteiger partial charge in [0.1, 0.15) is 5.75 Å². The summed E-state index contributed by atoms with van der Waals surface area (Å²) in [5.41, 5.74) is 0.979. The number of ether oxygens (including phenoxy) is 2. The van der Waals surface area contributed by atoms with Crippen LogP contribution in [0.25, 0.3) is 10.8 Å². The topological polar surface area (TPSA) is 64.6 Å². The van der Waals surface area contributed by atoms with Crippen molar-refractivity contribution >= 4 is 28.3 Å². The molecule has 0 aliphatic carbocycles. The van der Waals surface area contributed by atoms with Crippen molar-refractivity contribution in [3.05, 3.63) is 72.3 Å². The SMILES string of the molecule is COc1cccc(C(=O)O[C@@H](C)C(=O)Nc2ccc3ccccc3c2)c1. The van der Waals surface area contributed by atoms with E-state index >= 15 is 0 Å². The molecule has 0 heterocycles. The Morgan fingerprint density at radius 3 is 2.46 bits per heavy atom. The number of carbonyl (C=O) groups excluding carboxylic acids is 2. The van der Waals surface area contributed by atoms with E-state index in [9.17, 15) is 9.59 Å². The number of amides is 1. The normalized spacial score (nSPS) is 11.6. The van der Waals surface area contributed by atoms with Gasteiger partial charge in [0.25, 0.3) is 5.91 Å². The number of hydrogen-bond acceptors (Lipinski definition) is 4. The Morgan fingerprint density at radius 1 is 0.923 bits per heavy atom. The zero-order valence-electron chi connectivity index (χ0n) is 14.6. The molecule has 0 aromatic heterocycles. The highest BCUT2D eigenvalue weighted by atomic mass is 16.5. The minimum atomic E-state index is -0.930. The highest BCUT2D eigenvalue weighted by Crippen LogP contribution is 2.19. The molecule has 0 aliphatic rings. The molecule has 5 nitrogen and oxygen atoms in total. The molecule has 0 spiro atoms. The van der Waals surface area contributed by atoms with Gasteiger partial charge < -0.3 is 14.8 Å². The van der Waals surface area contributed by atoms with Gasteiger partial charge in [0.2, 0.25) is 0 Å². The van der Waals surface area contributed by atoms with Crippen LogP contribution in [0.5, 0.6) is 5.75 Å². The van der Waals surface area contributed by atoms with Crippen LogP contribution in [0.2, 0.25) is 0 Å². The second kappa shape index (κ2) is 7.70. The minimum absolute atomic E-state index is 0.328. The number of benzene rings is 3. The Bertz CT molecular complexity index is 951. The van der Waals surface area contributed by atoms with Gasteiger partial charge in [-0.25, -0.2) is 4.79 Å². The molecule has 0 saturated carbocycles. The van der Waals surface area contributed by atoms with Crippen LogP contribution in [0, 0.1) is 0 Å². The van der Waals surface area contributed by atoms with Gasteiger partial charge in [-0.2, -0.15) is 0 Å². The van der Waals surface area contributed by atoms with E-state index in [-0.39, 0.29) is 0 Å². The van der Waals surface area contributed by atoms with Crippen LogP contribution >= 0.6 is 0 Å². The van der Waals surface area contributed by atoms with E-state index in [1.165, 1.54) is 14.0 Å². The lowest BCUT2D eigenvalue weighted by Gasteiger charge is -2.14. The van der Waals surface area contributed by atoms with Gasteiger partial charge in [0.05, 0.1) is 12.7 Å². The molecule has 0 unspecified atom stereocenters. The summed E-state index contributed by atoms with van der Waals surface area (Å²) in [7, 11) is 1.52. The average molecular weight is 349 g/mol. The molecule has 3 aromatic carbocycles. The van der Waals surface area contributed by atoms with E-state index in [0.717, 1.165) is 10.8 Å². The number of hydrogen-bond donors (Lipinski definition) is 1. The number of rotatable bonds is 5. The van der Waals surface area contributed by atoms with Crippen molar-refractivity contribution in [2.24, 2.45) is 0 Å². The summed E-state index contributed by atoms with van der Waals surface area (Å²) < 4.78 is 10.3. The van der Waals surface area contributed by atoms with Crippen LogP contribution in [-0.4, -0.2) is 25.1 Å². The highest BCUT2D eigenvalue weighted by molar-refractivity contribution is 5.99. The maximum absolute atomic E-state index is 12.3. The number of carbonyl (C=O) groups is 2. The first kappa shape index (κ1) is 17.5. The highest BCUT2D eigenvalue weighted by Gasteiger charge is 2.19. The van der Waals surface area contributed by atoms with Gasteiger partial charge >= 0.3 is 5.97 Å². The average Bonchev–Trinajstić information content (AvgIpc) is 2.67. The van der Waals surface area contributed by atoms with Crippen LogP contribution in [0.3, 0.4) is 0 Å². The summed E-state index contributed by atoms with van der Waals surface area (Å²) in [5.74, 6) is -0.422. The van der Waals surface area contributed by atoms with Gasteiger partial charge in [0, 0.05) is 5.69 Å². The summed E-state index contributed by atoms with van der Waals surface area (Å²) in [5, 5.41) is 4.88. The maximum Gasteiger partial charge on any atom is 0.339 e. The Balaban J connectivity index is 1.65. The van der Waals surface area contributed by atoms with Crippen molar-refractivity contribution in [1.82, 2.24) is 0 Å². The summed E-state index contributed by atoms with van der Waals surface area (Å²) in [6.07, 6.45) is -0.930. The summed E-state index contributed by atoms with van der Waals surface area (Å²) >= 11 is 0. The standard InChI is InChI=1S/C21H19NO4/c1-14(26-21(24)17-8-5-9-19(13-17)25-2)20(23)22-18-11-10-15-6-3-4-7-16(15)12-18/h3-14H,1-2H3,(H,22,23)/t14-/m0/s1. The number of esters is 1. The van der Waals surface area contributed by atoms with Gasteiger partial charge in [-0.15, -0.1) is 0 Å². The molecule has 3 rings (SSSR count). The molecule has 1 atom stereocenters. The molecule has 0 radical (unpaired) electrons. The lowest BCUT2D eigenvalue weighted by Crippen LogP contribution is -2.30. The van der Waals surface area contributed by atoms with Crippen molar-refractivity contribution in [3.8, 4) is 5.75 Å². The summed E-state index contributed by atoms with van der Waals surface area (Å²) in [6.45, 7) is 1.54. The quantitative estimate of drug-likeness (QED) is 0.706. The maximum atomic E-state index is 12.3. The first-order valence-corrected chi connectivity index (χ1v) is 8.21. The summed E-state index contributed by atoms with van der Waals surface area (Å²) in [4.78, 5) is 24.5. The predicted molar refractivity (Wildman–Crippen MR) is 100 cm³/mol. The molecule has 26 heavy (non-hydrogen) atoms. The van der Waals surface area contributed by atoms with E-state index < -0.39 is 18.0 Å². The van der Waals surface area contributed by atoms with Gasteiger partial charge in [-0.1, -0.05) is 36.4 Å². The smallest absolute Gasteiger partial charge is 0.339 e. The van der Waals surface area contributed by atoms with Crippen LogP contribution in [0.15, 0.2) is 66.7 Å². The monoisotopic (exact) mass is 349 g/mol. The lowest BCUT2D eigenvalue weighted by atomic mass is 10.1. The van der Waals surface area contributed by atoms with Gasteiger partial charge in [-0.3, -0.25) is 4.79 Å². The van der Waals surface area contributed by atoms with Crippen LogP contribution in [0.1, 0.15) is 17.3 Å². The number of anilines is 1. The third-order valence-corrected chi connectivity index (χ3v) is 3.98. The Labute approximate surface area is 151 Å². The fourth-order valence-corrected chi connectivity index (χ4v) is 2.54. The van der Waals surface area contributed by atoms with Crippen LogP contribution in [0.4, 0.5) is 5.69 Å². The van der Waals surface area contributed by atoms with E-state index in [1.807, 2.05) is 42.5 Å². The van der Waals surface area contributed by atoms with E-state index in [2.05, 4.69) is 5.32 Å². The van der Waals surface area contributed by atoms with Crippen molar-refractivity contribution < 1.29 is 19.1 Å². The van der Waals surface area contributed by atoms with Crippen molar-refractivity contribution in [2.75, 3.05) is 12.4 Å². The van der Waals surface area contributed by atoms with Crippen LogP contribution < -0.4 is 10.1 Å². The molecule has 1 amide bonds. The first-order chi connectivity index (χ1) is 12.6. The minimum Gasteiger partial charge on any atom is -0.497 e. The molecule has 0 bridgehead atoms. The lowest BCUT2D eigenvalue weighted by molar-refractivity contribution is -0.123. The van der Waals surface area contributed by atoms with Crippen molar-refractivity contribution in [3.63, 3.8) is 0 Å². The Morgan fingerprint density at radius 2 is 1.69 bits per heavy atom. The summed E-state index contributed by atoms with van der Waals surface area (Å²) in [6, 6.07) is 20.1. The molecule has 1 N–H and O–H groups in total. The van der Waals surface area contributed by atoms with Crippen molar-refractivity contribution in [2.45, 2.75) is 13.0 Å². The molecular weight excluding hydrogens is 330 g/mol. The Kier molecular flexibility index (Phi) is 5.17. The molecule has 0 fully saturated rings. The molecule has 5 heteroatoms. The van der Waals surface area contributed by atoms with E-state index in [0.29, 0.717) is 17.0 Å². The second-order valence-electron chi connectivity index (χ2n) is 5.83.